The average Bonchev–Trinajstić information content (AvgIpc) is 2.55. The van der Waals surface area contributed by atoms with Crippen molar-refractivity contribution in [3.63, 3.8) is 0 Å². The molecule has 0 amide bonds. The smallest absolute Gasteiger partial charge is 0.168 e. The first-order valence-corrected chi connectivity index (χ1v) is 4.10. The van der Waals surface area contributed by atoms with Crippen molar-refractivity contribution >= 4 is 5.76 Å². The van der Waals surface area contributed by atoms with Crippen LogP contribution in [-0.4, -0.2) is 5.60 Å². The Balaban J connectivity index is 2.20. The van der Waals surface area contributed by atoms with Crippen LogP contribution in [0.2, 0.25) is 0 Å². The molecule has 0 aliphatic carbocycles. The molecule has 0 spiro atoms. The van der Waals surface area contributed by atoms with Crippen LogP contribution in [0.25, 0.3) is 5.76 Å². The maximum Gasteiger partial charge on any atom is 0.168 e. The SMILES string of the molecule is CC1(C)CC=C(c2ccco2)O1. The van der Waals surface area contributed by atoms with E-state index >= 15 is 0 Å². The van der Waals surface area contributed by atoms with Gasteiger partial charge in [-0.3, -0.25) is 0 Å². The van der Waals surface area contributed by atoms with Gasteiger partial charge in [-0.1, -0.05) is 0 Å². The number of rotatable bonds is 1. The number of hydrogen-bond donors (Lipinski definition) is 0. The van der Waals surface area contributed by atoms with Gasteiger partial charge >= 0.3 is 0 Å². The molecule has 64 valence electrons. The van der Waals surface area contributed by atoms with Crippen LogP contribution in [0.15, 0.2) is 28.9 Å². The van der Waals surface area contributed by atoms with E-state index in [0.29, 0.717) is 0 Å². The highest BCUT2D eigenvalue weighted by molar-refractivity contribution is 5.57. The molecule has 0 radical (unpaired) electrons. The first-order valence-electron chi connectivity index (χ1n) is 4.10. The molecule has 2 nitrogen and oxygen atoms in total. The molecule has 1 aromatic heterocycles. The summed E-state index contributed by atoms with van der Waals surface area (Å²) >= 11 is 0. The molecule has 2 rings (SSSR count). The van der Waals surface area contributed by atoms with Crippen LogP contribution in [0.3, 0.4) is 0 Å². The molecule has 1 aliphatic rings. The maximum atomic E-state index is 5.66. The fraction of sp³-hybridized carbons (Fsp3) is 0.400. The summed E-state index contributed by atoms with van der Waals surface area (Å²) in [5.41, 5.74) is -0.0673. The third-order valence-corrected chi connectivity index (χ3v) is 1.93. The van der Waals surface area contributed by atoms with E-state index < -0.39 is 0 Å². The van der Waals surface area contributed by atoms with Crippen LogP contribution in [0.4, 0.5) is 0 Å². The lowest BCUT2D eigenvalue weighted by Gasteiger charge is -2.18. The van der Waals surface area contributed by atoms with E-state index in [-0.39, 0.29) is 5.60 Å². The molecule has 2 heteroatoms. The van der Waals surface area contributed by atoms with Gasteiger partial charge in [-0.05, 0) is 32.1 Å². The van der Waals surface area contributed by atoms with E-state index in [1.54, 1.807) is 6.26 Å². The molecule has 1 aliphatic heterocycles. The second kappa shape index (κ2) is 2.41. The van der Waals surface area contributed by atoms with Crippen molar-refractivity contribution in [3.8, 4) is 0 Å². The van der Waals surface area contributed by atoms with Crippen molar-refractivity contribution in [3.05, 3.63) is 30.2 Å². The van der Waals surface area contributed by atoms with Gasteiger partial charge in [0.05, 0.1) is 6.26 Å². The van der Waals surface area contributed by atoms with Gasteiger partial charge in [-0.2, -0.15) is 0 Å². The summed E-state index contributed by atoms with van der Waals surface area (Å²) in [7, 11) is 0. The molecule has 1 aromatic rings. The lowest BCUT2D eigenvalue weighted by Crippen LogP contribution is -2.17. The normalized spacial score (nSPS) is 20.3. The van der Waals surface area contributed by atoms with Gasteiger partial charge in [0.1, 0.15) is 5.60 Å². The third-order valence-electron chi connectivity index (χ3n) is 1.93. The molecule has 0 N–H and O–H groups in total. The molecule has 0 bridgehead atoms. The Morgan fingerprint density at radius 3 is 2.75 bits per heavy atom. The van der Waals surface area contributed by atoms with Gasteiger partial charge in [0, 0.05) is 6.42 Å². The van der Waals surface area contributed by atoms with Gasteiger partial charge in [0.25, 0.3) is 0 Å². The van der Waals surface area contributed by atoms with E-state index in [0.717, 1.165) is 17.9 Å². The predicted octanol–water partition coefficient (Wildman–Crippen LogP) is 2.82. The minimum absolute atomic E-state index is 0.0673. The Labute approximate surface area is 71.8 Å². The van der Waals surface area contributed by atoms with Crippen LogP contribution < -0.4 is 0 Å². The Hall–Kier alpha value is -1.18. The van der Waals surface area contributed by atoms with Crippen LogP contribution in [0, 0.1) is 0 Å². The van der Waals surface area contributed by atoms with Gasteiger partial charge < -0.3 is 9.15 Å². The van der Waals surface area contributed by atoms with Crippen LogP contribution >= 0.6 is 0 Å². The Kier molecular flexibility index (Phi) is 1.50. The maximum absolute atomic E-state index is 5.66. The molecular formula is C10H12O2. The summed E-state index contributed by atoms with van der Waals surface area (Å²) in [4.78, 5) is 0. The second-order valence-corrected chi connectivity index (χ2v) is 3.61. The standard InChI is InChI=1S/C10H12O2/c1-10(2)6-5-9(12-10)8-4-3-7-11-8/h3-5,7H,6H2,1-2H3. The van der Waals surface area contributed by atoms with E-state index in [9.17, 15) is 0 Å². The van der Waals surface area contributed by atoms with Crippen molar-refractivity contribution in [1.29, 1.82) is 0 Å². The van der Waals surface area contributed by atoms with Crippen LogP contribution in [0.5, 0.6) is 0 Å². The van der Waals surface area contributed by atoms with E-state index in [2.05, 4.69) is 19.9 Å². The predicted molar refractivity (Wildman–Crippen MR) is 46.5 cm³/mol. The van der Waals surface area contributed by atoms with Gasteiger partial charge in [-0.25, -0.2) is 0 Å². The van der Waals surface area contributed by atoms with Crippen LogP contribution in [-0.2, 0) is 4.74 Å². The fourth-order valence-electron chi connectivity index (χ4n) is 1.29. The summed E-state index contributed by atoms with van der Waals surface area (Å²) in [5, 5.41) is 0. The third kappa shape index (κ3) is 1.24. The topological polar surface area (TPSA) is 22.4 Å². The molecule has 0 unspecified atom stereocenters. The quantitative estimate of drug-likeness (QED) is 0.636. The Morgan fingerprint density at radius 2 is 2.25 bits per heavy atom. The highest BCUT2D eigenvalue weighted by Gasteiger charge is 2.27. The summed E-state index contributed by atoms with van der Waals surface area (Å²) in [6, 6.07) is 3.78. The monoisotopic (exact) mass is 164 g/mol. The lowest BCUT2D eigenvalue weighted by molar-refractivity contribution is 0.0972. The molecule has 0 saturated heterocycles. The van der Waals surface area contributed by atoms with Crippen molar-refractivity contribution in [2.24, 2.45) is 0 Å². The number of ether oxygens (including phenoxy) is 1. The molecule has 0 fully saturated rings. The Bertz CT molecular complexity index is 294. The zero-order chi connectivity index (χ0) is 8.60. The van der Waals surface area contributed by atoms with E-state index in [1.165, 1.54) is 0 Å². The molecule has 0 aromatic carbocycles. The first kappa shape index (κ1) is 7.47. The zero-order valence-corrected chi connectivity index (χ0v) is 7.33. The summed E-state index contributed by atoms with van der Waals surface area (Å²) < 4.78 is 10.9. The van der Waals surface area contributed by atoms with Crippen molar-refractivity contribution < 1.29 is 9.15 Å². The number of hydrogen-bond acceptors (Lipinski definition) is 2. The zero-order valence-electron chi connectivity index (χ0n) is 7.33. The van der Waals surface area contributed by atoms with Crippen molar-refractivity contribution in [1.82, 2.24) is 0 Å². The molecule has 0 atom stereocenters. The Morgan fingerprint density at radius 1 is 1.42 bits per heavy atom. The van der Waals surface area contributed by atoms with E-state index in [4.69, 9.17) is 9.15 Å². The summed E-state index contributed by atoms with van der Waals surface area (Å²) in [5.74, 6) is 1.69. The van der Waals surface area contributed by atoms with Gasteiger partial charge in [0.15, 0.2) is 11.5 Å². The van der Waals surface area contributed by atoms with Gasteiger partial charge in [-0.15, -0.1) is 0 Å². The average molecular weight is 164 g/mol. The molecule has 2 heterocycles. The lowest BCUT2D eigenvalue weighted by atomic mass is 10.1. The van der Waals surface area contributed by atoms with Crippen LogP contribution in [0.1, 0.15) is 26.0 Å². The van der Waals surface area contributed by atoms with Crippen molar-refractivity contribution in [2.75, 3.05) is 0 Å². The molecule has 12 heavy (non-hydrogen) atoms. The molecular weight excluding hydrogens is 152 g/mol. The first-order chi connectivity index (χ1) is 5.67. The highest BCUT2D eigenvalue weighted by Crippen LogP contribution is 2.33. The number of furan rings is 1. The second-order valence-electron chi connectivity index (χ2n) is 3.61. The summed E-state index contributed by atoms with van der Waals surface area (Å²) in [6.45, 7) is 4.14. The van der Waals surface area contributed by atoms with E-state index in [1.807, 2.05) is 12.1 Å². The minimum Gasteiger partial charge on any atom is -0.484 e. The summed E-state index contributed by atoms with van der Waals surface area (Å²) in [6.07, 6.45) is 4.67. The van der Waals surface area contributed by atoms with Gasteiger partial charge in [0.2, 0.25) is 0 Å². The fourth-order valence-corrected chi connectivity index (χ4v) is 1.29. The van der Waals surface area contributed by atoms with Crippen molar-refractivity contribution in [2.45, 2.75) is 25.9 Å². The largest absolute Gasteiger partial charge is 0.484 e. The highest BCUT2D eigenvalue weighted by atomic mass is 16.5. The minimum atomic E-state index is -0.0673. The molecule has 0 saturated carbocycles.